The predicted molar refractivity (Wildman–Crippen MR) is 65.0 cm³/mol. The Bertz CT molecular complexity index is 499. The Kier molecular flexibility index (Phi) is 3.82. The SMILES string of the molecule is CCC(=O)c1ccc(Sc2ccncn2)cn1. The van der Waals surface area contributed by atoms with Crippen molar-refractivity contribution in [3.63, 3.8) is 0 Å². The van der Waals surface area contributed by atoms with Crippen LogP contribution < -0.4 is 0 Å². The Morgan fingerprint density at radius 2 is 2.18 bits per heavy atom. The van der Waals surface area contributed by atoms with Crippen LogP contribution in [0.5, 0.6) is 0 Å². The smallest absolute Gasteiger partial charge is 0.180 e. The van der Waals surface area contributed by atoms with E-state index in [4.69, 9.17) is 0 Å². The molecule has 0 spiro atoms. The van der Waals surface area contributed by atoms with Gasteiger partial charge in [0.1, 0.15) is 17.0 Å². The van der Waals surface area contributed by atoms with Gasteiger partial charge in [-0.05, 0) is 18.2 Å². The van der Waals surface area contributed by atoms with Gasteiger partial charge in [-0.3, -0.25) is 9.78 Å². The summed E-state index contributed by atoms with van der Waals surface area (Å²) >= 11 is 1.49. The van der Waals surface area contributed by atoms with E-state index in [1.165, 1.54) is 18.1 Å². The normalized spacial score (nSPS) is 10.2. The number of hydrogen-bond acceptors (Lipinski definition) is 5. The van der Waals surface area contributed by atoms with Crippen molar-refractivity contribution in [2.75, 3.05) is 0 Å². The van der Waals surface area contributed by atoms with E-state index in [-0.39, 0.29) is 5.78 Å². The molecular formula is C12H11N3OS. The number of aromatic nitrogens is 3. The number of hydrogen-bond donors (Lipinski definition) is 0. The molecule has 2 aromatic heterocycles. The van der Waals surface area contributed by atoms with E-state index in [9.17, 15) is 4.79 Å². The summed E-state index contributed by atoms with van der Waals surface area (Å²) in [5, 5.41) is 0.858. The lowest BCUT2D eigenvalue weighted by atomic mass is 10.2. The number of Topliss-reactive ketones (excluding diaryl/α,β-unsaturated/α-hetero) is 1. The van der Waals surface area contributed by atoms with Crippen LogP contribution in [-0.2, 0) is 0 Å². The van der Waals surface area contributed by atoms with Crippen LogP contribution in [0.15, 0.2) is 46.8 Å². The number of rotatable bonds is 4. The van der Waals surface area contributed by atoms with Crippen LogP contribution in [0.25, 0.3) is 0 Å². The molecule has 2 rings (SSSR count). The standard InChI is InChI=1S/C12H11N3OS/c1-2-11(16)10-4-3-9(7-14-10)17-12-5-6-13-8-15-12/h3-8H,2H2,1H3. The van der Waals surface area contributed by atoms with Gasteiger partial charge in [-0.1, -0.05) is 18.7 Å². The predicted octanol–water partition coefficient (Wildman–Crippen LogP) is 2.62. The lowest BCUT2D eigenvalue weighted by Gasteiger charge is -2.01. The molecule has 0 atom stereocenters. The molecule has 86 valence electrons. The largest absolute Gasteiger partial charge is 0.292 e. The maximum atomic E-state index is 11.4. The van der Waals surface area contributed by atoms with Crippen LogP contribution in [0.1, 0.15) is 23.8 Å². The fourth-order valence-electron chi connectivity index (χ4n) is 1.25. The molecule has 0 radical (unpaired) electrons. The Balaban J connectivity index is 2.11. The van der Waals surface area contributed by atoms with Gasteiger partial charge in [0, 0.05) is 23.7 Å². The minimum absolute atomic E-state index is 0.0589. The Morgan fingerprint density at radius 3 is 2.76 bits per heavy atom. The van der Waals surface area contributed by atoms with Crippen molar-refractivity contribution >= 4 is 17.5 Å². The third kappa shape index (κ3) is 3.10. The lowest BCUT2D eigenvalue weighted by molar-refractivity contribution is 0.0983. The zero-order valence-corrected chi connectivity index (χ0v) is 10.1. The zero-order valence-electron chi connectivity index (χ0n) is 9.33. The summed E-state index contributed by atoms with van der Waals surface area (Å²) < 4.78 is 0. The highest BCUT2D eigenvalue weighted by atomic mass is 32.2. The minimum atomic E-state index is 0.0589. The summed E-state index contributed by atoms with van der Waals surface area (Å²) in [6.45, 7) is 1.83. The highest BCUT2D eigenvalue weighted by molar-refractivity contribution is 7.99. The van der Waals surface area contributed by atoms with E-state index in [0.29, 0.717) is 12.1 Å². The Morgan fingerprint density at radius 1 is 1.29 bits per heavy atom. The van der Waals surface area contributed by atoms with Crippen molar-refractivity contribution in [3.8, 4) is 0 Å². The van der Waals surface area contributed by atoms with Gasteiger partial charge >= 0.3 is 0 Å². The molecular weight excluding hydrogens is 234 g/mol. The maximum Gasteiger partial charge on any atom is 0.180 e. The molecule has 0 aliphatic heterocycles. The van der Waals surface area contributed by atoms with Gasteiger partial charge in [0.05, 0.1) is 0 Å². The van der Waals surface area contributed by atoms with E-state index in [1.54, 1.807) is 18.5 Å². The summed E-state index contributed by atoms with van der Waals surface area (Å²) in [6, 6.07) is 5.45. The third-order valence-corrected chi connectivity index (χ3v) is 3.05. The first-order valence-corrected chi connectivity index (χ1v) is 6.04. The number of pyridine rings is 1. The van der Waals surface area contributed by atoms with E-state index in [0.717, 1.165) is 9.92 Å². The van der Waals surface area contributed by atoms with Crippen molar-refractivity contribution in [2.45, 2.75) is 23.3 Å². The highest BCUT2D eigenvalue weighted by Gasteiger charge is 2.05. The van der Waals surface area contributed by atoms with Crippen LogP contribution in [0.4, 0.5) is 0 Å². The van der Waals surface area contributed by atoms with Gasteiger partial charge in [0.15, 0.2) is 5.78 Å². The van der Waals surface area contributed by atoms with E-state index >= 15 is 0 Å². The van der Waals surface area contributed by atoms with Crippen LogP contribution in [-0.4, -0.2) is 20.7 Å². The summed E-state index contributed by atoms with van der Waals surface area (Å²) in [5.74, 6) is 0.0589. The first-order chi connectivity index (χ1) is 8.29. The first-order valence-electron chi connectivity index (χ1n) is 5.22. The van der Waals surface area contributed by atoms with Gasteiger partial charge < -0.3 is 0 Å². The molecule has 17 heavy (non-hydrogen) atoms. The molecule has 4 nitrogen and oxygen atoms in total. The zero-order chi connectivity index (χ0) is 12.1. The number of carbonyl (C=O) groups is 1. The summed E-state index contributed by atoms with van der Waals surface area (Å²) in [6.07, 6.45) is 5.36. The molecule has 2 aromatic rings. The molecule has 0 aliphatic carbocycles. The Hall–Kier alpha value is -1.75. The molecule has 0 saturated heterocycles. The van der Waals surface area contributed by atoms with Gasteiger partial charge in [-0.2, -0.15) is 0 Å². The fraction of sp³-hybridized carbons (Fsp3) is 0.167. The van der Waals surface area contributed by atoms with Gasteiger partial charge in [-0.15, -0.1) is 0 Å². The fourth-order valence-corrected chi connectivity index (χ4v) is 1.96. The molecule has 0 saturated carbocycles. The van der Waals surface area contributed by atoms with Gasteiger partial charge in [0.25, 0.3) is 0 Å². The number of carbonyl (C=O) groups excluding carboxylic acids is 1. The van der Waals surface area contributed by atoms with Crippen molar-refractivity contribution in [1.29, 1.82) is 0 Å². The summed E-state index contributed by atoms with van der Waals surface area (Å²) in [4.78, 5) is 24.4. The summed E-state index contributed by atoms with van der Waals surface area (Å²) in [5.41, 5.74) is 0.513. The molecule has 2 heterocycles. The first kappa shape index (κ1) is 11.7. The highest BCUT2D eigenvalue weighted by Crippen LogP contribution is 2.24. The molecule has 0 aromatic carbocycles. The van der Waals surface area contributed by atoms with Crippen molar-refractivity contribution in [2.24, 2.45) is 0 Å². The van der Waals surface area contributed by atoms with E-state index in [2.05, 4.69) is 15.0 Å². The quantitative estimate of drug-likeness (QED) is 0.612. The van der Waals surface area contributed by atoms with Gasteiger partial charge in [-0.25, -0.2) is 9.97 Å². The van der Waals surface area contributed by atoms with Crippen molar-refractivity contribution in [3.05, 3.63) is 42.6 Å². The number of nitrogens with zero attached hydrogens (tertiary/aromatic N) is 3. The molecule has 5 heteroatoms. The van der Waals surface area contributed by atoms with Gasteiger partial charge in [0.2, 0.25) is 0 Å². The maximum absolute atomic E-state index is 11.4. The minimum Gasteiger partial charge on any atom is -0.292 e. The van der Waals surface area contributed by atoms with Crippen LogP contribution in [0.3, 0.4) is 0 Å². The molecule has 0 aliphatic rings. The molecule has 0 fully saturated rings. The average molecular weight is 245 g/mol. The van der Waals surface area contributed by atoms with Crippen molar-refractivity contribution in [1.82, 2.24) is 15.0 Å². The van der Waals surface area contributed by atoms with Crippen LogP contribution in [0, 0.1) is 0 Å². The monoisotopic (exact) mass is 245 g/mol. The van der Waals surface area contributed by atoms with E-state index < -0.39 is 0 Å². The second-order valence-electron chi connectivity index (χ2n) is 3.31. The van der Waals surface area contributed by atoms with Crippen LogP contribution in [0.2, 0.25) is 0 Å². The van der Waals surface area contributed by atoms with Crippen LogP contribution >= 0.6 is 11.8 Å². The average Bonchev–Trinajstić information content (AvgIpc) is 2.40. The third-order valence-electron chi connectivity index (χ3n) is 2.12. The topological polar surface area (TPSA) is 55.7 Å². The lowest BCUT2D eigenvalue weighted by Crippen LogP contribution is -1.99. The molecule has 0 amide bonds. The molecule has 0 N–H and O–H groups in total. The van der Waals surface area contributed by atoms with E-state index in [1.807, 2.05) is 19.1 Å². The molecule has 0 unspecified atom stereocenters. The molecule has 0 bridgehead atoms. The second kappa shape index (κ2) is 5.54. The second-order valence-corrected chi connectivity index (χ2v) is 4.40. The van der Waals surface area contributed by atoms with Crippen molar-refractivity contribution < 1.29 is 4.79 Å². The Labute approximate surface area is 104 Å². The number of ketones is 1. The summed E-state index contributed by atoms with van der Waals surface area (Å²) in [7, 11) is 0.